The molecule has 2 heterocycles. The SMILES string of the molecule is O=C(O)C1=Cc2cc(Cl)c(Oc3csc(Cl)c3)cc2OC1C(F)(F)F. The van der Waals surface area contributed by atoms with Gasteiger partial charge in [0.15, 0.2) is 0 Å². The number of halogens is 5. The molecule has 2 aromatic rings. The van der Waals surface area contributed by atoms with Crippen molar-refractivity contribution < 1.29 is 32.5 Å². The summed E-state index contributed by atoms with van der Waals surface area (Å²) in [4.78, 5) is 11.1. The Hall–Kier alpha value is -1.90. The number of hydrogen-bond acceptors (Lipinski definition) is 4. The van der Waals surface area contributed by atoms with Gasteiger partial charge in [-0.15, -0.1) is 11.3 Å². The van der Waals surface area contributed by atoms with Gasteiger partial charge in [0.1, 0.15) is 17.2 Å². The summed E-state index contributed by atoms with van der Waals surface area (Å²) in [5, 5.41) is 10.7. The second kappa shape index (κ2) is 6.44. The molecule has 132 valence electrons. The molecule has 1 aromatic heterocycles. The summed E-state index contributed by atoms with van der Waals surface area (Å²) < 4.78 is 50.1. The Balaban J connectivity index is 2.01. The molecule has 1 aromatic carbocycles. The van der Waals surface area contributed by atoms with Gasteiger partial charge in [0.2, 0.25) is 6.10 Å². The van der Waals surface area contributed by atoms with Crippen LogP contribution < -0.4 is 9.47 Å². The normalized spacial score (nSPS) is 16.7. The second-order valence-electron chi connectivity index (χ2n) is 4.95. The molecule has 25 heavy (non-hydrogen) atoms. The van der Waals surface area contributed by atoms with Crippen LogP contribution in [0.15, 0.2) is 29.2 Å². The van der Waals surface area contributed by atoms with E-state index in [1.54, 1.807) is 5.38 Å². The fourth-order valence-corrected chi connectivity index (χ4v) is 3.15. The van der Waals surface area contributed by atoms with Gasteiger partial charge in [0.25, 0.3) is 0 Å². The Morgan fingerprint density at radius 2 is 2.00 bits per heavy atom. The summed E-state index contributed by atoms with van der Waals surface area (Å²) in [5.41, 5.74) is -0.812. The highest BCUT2D eigenvalue weighted by atomic mass is 35.5. The van der Waals surface area contributed by atoms with Crippen LogP contribution in [-0.2, 0) is 4.79 Å². The number of alkyl halides is 3. The Bertz CT molecular complexity index is 876. The van der Waals surface area contributed by atoms with E-state index in [-0.39, 0.29) is 22.1 Å². The lowest BCUT2D eigenvalue weighted by Crippen LogP contribution is -2.40. The summed E-state index contributed by atoms with van der Waals surface area (Å²) >= 11 is 13.1. The highest BCUT2D eigenvalue weighted by molar-refractivity contribution is 7.14. The number of hydrogen-bond donors (Lipinski definition) is 1. The third-order valence-electron chi connectivity index (χ3n) is 3.22. The highest BCUT2D eigenvalue weighted by Crippen LogP contribution is 2.43. The van der Waals surface area contributed by atoms with Crippen molar-refractivity contribution in [3.63, 3.8) is 0 Å². The molecule has 0 fully saturated rings. The molecule has 0 saturated heterocycles. The first-order valence-electron chi connectivity index (χ1n) is 6.59. The van der Waals surface area contributed by atoms with E-state index in [9.17, 15) is 18.0 Å². The van der Waals surface area contributed by atoms with Crippen LogP contribution in [0.4, 0.5) is 13.2 Å². The number of ether oxygens (including phenoxy) is 2. The Morgan fingerprint density at radius 3 is 2.56 bits per heavy atom. The number of rotatable bonds is 3. The van der Waals surface area contributed by atoms with E-state index in [1.165, 1.54) is 29.5 Å². The van der Waals surface area contributed by atoms with Gasteiger partial charge in [-0.2, -0.15) is 13.2 Å². The molecule has 1 atom stereocenters. The number of fused-ring (bicyclic) bond motifs is 1. The zero-order valence-corrected chi connectivity index (χ0v) is 14.3. The molecule has 4 nitrogen and oxygen atoms in total. The fourth-order valence-electron chi connectivity index (χ4n) is 2.17. The summed E-state index contributed by atoms with van der Waals surface area (Å²) in [6.07, 6.45) is -6.58. The van der Waals surface area contributed by atoms with E-state index in [0.29, 0.717) is 10.1 Å². The average molecular weight is 411 g/mol. The van der Waals surface area contributed by atoms with Gasteiger partial charge < -0.3 is 14.6 Å². The first-order valence-corrected chi connectivity index (χ1v) is 8.22. The third kappa shape index (κ3) is 3.70. The lowest BCUT2D eigenvalue weighted by atomic mass is 10.0. The monoisotopic (exact) mass is 410 g/mol. The lowest BCUT2D eigenvalue weighted by molar-refractivity contribution is -0.187. The van der Waals surface area contributed by atoms with Crippen molar-refractivity contribution in [2.75, 3.05) is 0 Å². The molecule has 1 aliphatic rings. The molecule has 1 aliphatic heterocycles. The van der Waals surface area contributed by atoms with Crippen LogP contribution in [0, 0.1) is 0 Å². The maximum atomic E-state index is 13.1. The van der Waals surface area contributed by atoms with E-state index >= 15 is 0 Å². The van der Waals surface area contributed by atoms with Gasteiger partial charge in [-0.05, 0) is 12.1 Å². The molecule has 1 N–H and O–H groups in total. The predicted molar refractivity (Wildman–Crippen MR) is 86.9 cm³/mol. The lowest BCUT2D eigenvalue weighted by Gasteiger charge is -2.27. The largest absolute Gasteiger partial charge is 0.478 e. The number of thiophene rings is 1. The number of benzene rings is 1. The van der Waals surface area contributed by atoms with Crippen LogP contribution in [0.5, 0.6) is 17.2 Å². The summed E-state index contributed by atoms with van der Waals surface area (Å²) in [5.74, 6) is -1.49. The van der Waals surface area contributed by atoms with Gasteiger partial charge >= 0.3 is 12.1 Å². The predicted octanol–water partition coefficient (Wildman–Crippen LogP) is 5.64. The van der Waals surface area contributed by atoms with Crippen molar-refractivity contribution >= 4 is 46.6 Å². The Labute approximate surface area is 153 Å². The van der Waals surface area contributed by atoms with Crippen LogP contribution in [-0.4, -0.2) is 23.4 Å². The molecule has 0 amide bonds. The van der Waals surface area contributed by atoms with E-state index < -0.39 is 23.8 Å². The molecule has 0 bridgehead atoms. The van der Waals surface area contributed by atoms with Crippen molar-refractivity contribution in [1.82, 2.24) is 0 Å². The van der Waals surface area contributed by atoms with E-state index in [2.05, 4.69) is 0 Å². The van der Waals surface area contributed by atoms with Crippen molar-refractivity contribution in [1.29, 1.82) is 0 Å². The highest BCUT2D eigenvalue weighted by Gasteiger charge is 2.48. The average Bonchev–Trinajstić information content (AvgIpc) is 2.91. The molecular formula is C15H7Cl2F3O4S. The maximum absolute atomic E-state index is 13.1. The topological polar surface area (TPSA) is 55.8 Å². The summed E-state index contributed by atoms with van der Waals surface area (Å²) in [6.45, 7) is 0. The van der Waals surface area contributed by atoms with Gasteiger partial charge in [-0.25, -0.2) is 4.79 Å². The van der Waals surface area contributed by atoms with Gasteiger partial charge in [0.05, 0.1) is 14.9 Å². The smallest absolute Gasteiger partial charge is 0.430 e. The zero-order valence-electron chi connectivity index (χ0n) is 11.9. The van der Waals surface area contributed by atoms with E-state index in [0.717, 1.165) is 6.08 Å². The number of aliphatic carboxylic acids is 1. The van der Waals surface area contributed by atoms with Crippen molar-refractivity contribution in [3.8, 4) is 17.2 Å². The minimum Gasteiger partial charge on any atom is -0.478 e. The molecule has 0 spiro atoms. The maximum Gasteiger partial charge on any atom is 0.430 e. The quantitative estimate of drug-likeness (QED) is 0.711. The molecule has 3 rings (SSSR count). The zero-order chi connectivity index (χ0) is 18.4. The minimum absolute atomic E-state index is 0.0583. The van der Waals surface area contributed by atoms with Crippen LogP contribution in [0.1, 0.15) is 5.56 Å². The third-order valence-corrected chi connectivity index (χ3v) is 4.58. The van der Waals surface area contributed by atoms with Crippen molar-refractivity contribution in [3.05, 3.63) is 44.1 Å². The first-order chi connectivity index (χ1) is 11.6. The Kier molecular flexibility index (Phi) is 4.61. The van der Waals surface area contributed by atoms with Crippen LogP contribution in [0.2, 0.25) is 9.36 Å². The Morgan fingerprint density at radius 1 is 1.28 bits per heavy atom. The number of carboxylic acid groups (broad SMARTS) is 1. The summed E-state index contributed by atoms with van der Waals surface area (Å²) in [6, 6.07) is 3.97. The molecule has 1 unspecified atom stereocenters. The van der Waals surface area contributed by atoms with Crippen LogP contribution in [0.3, 0.4) is 0 Å². The van der Waals surface area contributed by atoms with E-state index in [1.807, 2.05) is 0 Å². The molecule has 0 saturated carbocycles. The fraction of sp³-hybridized carbons (Fsp3) is 0.133. The van der Waals surface area contributed by atoms with Gasteiger partial charge in [-0.3, -0.25) is 0 Å². The van der Waals surface area contributed by atoms with Gasteiger partial charge in [-0.1, -0.05) is 23.2 Å². The standard InChI is InChI=1S/C15H7Cl2F3O4S/c16-9-2-6-1-8(14(21)22)13(15(18,19)20)24-10(6)4-11(9)23-7-3-12(17)25-5-7/h1-5,13H,(H,21,22). The van der Waals surface area contributed by atoms with Gasteiger partial charge in [0, 0.05) is 23.1 Å². The number of carboxylic acids is 1. The molecular weight excluding hydrogens is 404 g/mol. The summed E-state index contributed by atoms with van der Waals surface area (Å²) in [7, 11) is 0. The second-order valence-corrected chi connectivity index (χ2v) is 6.90. The van der Waals surface area contributed by atoms with Crippen molar-refractivity contribution in [2.24, 2.45) is 0 Å². The molecule has 10 heteroatoms. The molecule has 0 aliphatic carbocycles. The minimum atomic E-state index is -4.89. The van der Waals surface area contributed by atoms with Crippen molar-refractivity contribution in [2.45, 2.75) is 12.3 Å². The first kappa shape index (κ1) is 17.9. The number of carbonyl (C=O) groups is 1. The molecule has 0 radical (unpaired) electrons. The van der Waals surface area contributed by atoms with Crippen LogP contribution in [0.25, 0.3) is 6.08 Å². The van der Waals surface area contributed by atoms with E-state index in [4.69, 9.17) is 37.8 Å². The van der Waals surface area contributed by atoms with Crippen LogP contribution >= 0.6 is 34.5 Å².